The van der Waals surface area contributed by atoms with Gasteiger partial charge in [0.1, 0.15) is 5.82 Å². The lowest BCUT2D eigenvalue weighted by Crippen LogP contribution is -2.42. The molecule has 35 heavy (non-hydrogen) atoms. The number of halogens is 1. The summed E-state index contributed by atoms with van der Waals surface area (Å²) in [5, 5.41) is 0.420. The van der Waals surface area contributed by atoms with E-state index in [0.717, 1.165) is 5.56 Å². The Balaban J connectivity index is 1.65. The van der Waals surface area contributed by atoms with Crippen molar-refractivity contribution in [3.8, 4) is 0 Å². The van der Waals surface area contributed by atoms with Gasteiger partial charge >= 0.3 is 11.4 Å². The number of carbonyl (C=O) groups is 1. The summed E-state index contributed by atoms with van der Waals surface area (Å²) >= 11 is 5.96. The first-order valence-electron chi connectivity index (χ1n) is 11.1. The SMILES string of the molecule is CCCN(C(=O)CCn1c(=O)oc2cc(Cl)ccc21)c1c(N)n(Cc2ccccc2)c(=O)[nH]c1=O. The number of carbonyl (C=O) groups excluding carboxylic acids is 1. The van der Waals surface area contributed by atoms with Gasteiger partial charge in [-0.15, -0.1) is 0 Å². The van der Waals surface area contributed by atoms with E-state index in [2.05, 4.69) is 4.98 Å². The van der Waals surface area contributed by atoms with Crippen LogP contribution in [0.1, 0.15) is 25.3 Å². The van der Waals surface area contributed by atoms with Crippen LogP contribution < -0.4 is 27.6 Å². The number of rotatable bonds is 8. The molecule has 0 aliphatic rings. The van der Waals surface area contributed by atoms with Gasteiger partial charge in [-0.3, -0.25) is 23.7 Å². The molecule has 0 aliphatic heterocycles. The topological polar surface area (TPSA) is 136 Å². The molecule has 4 rings (SSSR count). The molecule has 182 valence electrons. The number of nitrogens with zero attached hydrogens (tertiary/aromatic N) is 3. The van der Waals surface area contributed by atoms with Crippen molar-refractivity contribution in [3.05, 3.63) is 90.5 Å². The molecule has 0 saturated carbocycles. The number of fused-ring (bicyclic) bond motifs is 1. The number of aromatic amines is 1. The standard InChI is InChI=1S/C24H24ClN5O5/c1-2-11-29(19(31)10-12-28-17-9-8-16(25)13-18(17)35-24(28)34)20-21(26)30(23(33)27-22(20)32)14-15-6-4-3-5-7-15/h3-9,13H,2,10-12,14,26H2,1H3,(H,27,32,33). The fourth-order valence-corrected chi connectivity index (χ4v) is 4.10. The number of H-pyrrole nitrogens is 1. The van der Waals surface area contributed by atoms with Crippen molar-refractivity contribution in [2.24, 2.45) is 0 Å². The molecule has 11 heteroatoms. The highest BCUT2D eigenvalue weighted by Crippen LogP contribution is 2.21. The molecule has 0 aliphatic carbocycles. The Bertz CT molecular complexity index is 1550. The van der Waals surface area contributed by atoms with Crippen LogP contribution in [0.2, 0.25) is 5.02 Å². The van der Waals surface area contributed by atoms with Gasteiger partial charge in [-0.1, -0.05) is 48.9 Å². The van der Waals surface area contributed by atoms with Gasteiger partial charge in [-0.05, 0) is 24.1 Å². The number of amides is 1. The summed E-state index contributed by atoms with van der Waals surface area (Å²) in [6.45, 7) is 2.20. The first kappa shape index (κ1) is 24.1. The highest BCUT2D eigenvalue weighted by atomic mass is 35.5. The predicted molar refractivity (Wildman–Crippen MR) is 134 cm³/mol. The number of nitrogens with two attached hydrogens (primary N) is 1. The van der Waals surface area contributed by atoms with Crippen LogP contribution in [-0.4, -0.2) is 26.6 Å². The molecular weight excluding hydrogens is 474 g/mol. The van der Waals surface area contributed by atoms with Gasteiger partial charge in [-0.25, -0.2) is 9.59 Å². The van der Waals surface area contributed by atoms with Crippen molar-refractivity contribution in [1.82, 2.24) is 14.1 Å². The normalized spacial score (nSPS) is 11.1. The first-order chi connectivity index (χ1) is 16.8. The molecule has 2 aromatic carbocycles. The molecule has 0 bridgehead atoms. The van der Waals surface area contributed by atoms with Crippen LogP contribution in [0, 0.1) is 0 Å². The van der Waals surface area contributed by atoms with Gasteiger partial charge in [-0.2, -0.15) is 0 Å². The van der Waals surface area contributed by atoms with E-state index in [9.17, 15) is 19.2 Å². The summed E-state index contributed by atoms with van der Waals surface area (Å²) in [6, 6.07) is 13.9. The van der Waals surface area contributed by atoms with Gasteiger partial charge in [0, 0.05) is 30.6 Å². The van der Waals surface area contributed by atoms with Gasteiger partial charge in [0.15, 0.2) is 11.3 Å². The lowest BCUT2D eigenvalue weighted by atomic mass is 10.2. The third-order valence-electron chi connectivity index (χ3n) is 5.60. The smallest absolute Gasteiger partial charge is 0.408 e. The quantitative estimate of drug-likeness (QED) is 0.384. The predicted octanol–water partition coefficient (Wildman–Crippen LogP) is 2.56. The van der Waals surface area contributed by atoms with Crippen LogP contribution in [0.3, 0.4) is 0 Å². The van der Waals surface area contributed by atoms with Crippen molar-refractivity contribution in [3.63, 3.8) is 0 Å². The molecule has 1 amide bonds. The second-order valence-electron chi connectivity index (χ2n) is 7.99. The third kappa shape index (κ3) is 4.92. The van der Waals surface area contributed by atoms with E-state index >= 15 is 0 Å². The molecule has 10 nitrogen and oxygen atoms in total. The Morgan fingerprint density at radius 2 is 1.86 bits per heavy atom. The van der Waals surface area contributed by atoms with Crippen LogP contribution in [0.25, 0.3) is 11.1 Å². The van der Waals surface area contributed by atoms with Gasteiger partial charge < -0.3 is 15.1 Å². The molecule has 0 spiro atoms. The number of hydrogen-bond donors (Lipinski definition) is 2. The average molecular weight is 498 g/mol. The van der Waals surface area contributed by atoms with Crippen LogP contribution in [-0.2, 0) is 17.9 Å². The maximum absolute atomic E-state index is 13.3. The minimum Gasteiger partial charge on any atom is -0.408 e. The van der Waals surface area contributed by atoms with Crippen LogP contribution in [0.4, 0.5) is 11.5 Å². The molecule has 0 radical (unpaired) electrons. The Morgan fingerprint density at radius 1 is 1.11 bits per heavy atom. The van der Waals surface area contributed by atoms with Crippen molar-refractivity contribution < 1.29 is 9.21 Å². The number of nitrogens with one attached hydrogen (secondary N) is 1. The van der Waals surface area contributed by atoms with Crippen LogP contribution in [0.15, 0.2) is 67.3 Å². The lowest BCUT2D eigenvalue weighted by molar-refractivity contribution is -0.118. The summed E-state index contributed by atoms with van der Waals surface area (Å²) in [5.74, 6) is -1.15. The van der Waals surface area contributed by atoms with Gasteiger partial charge in [0.05, 0.1) is 12.1 Å². The number of aryl methyl sites for hydroxylation is 1. The maximum Gasteiger partial charge on any atom is 0.419 e. The molecule has 2 aromatic heterocycles. The molecule has 2 heterocycles. The minimum absolute atomic E-state index is 0.0218. The molecular formula is C24H24ClN5O5. The number of benzene rings is 2. The summed E-state index contributed by atoms with van der Waals surface area (Å²) in [4.78, 5) is 54.3. The molecule has 0 saturated heterocycles. The highest BCUT2D eigenvalue weighted by Gasteiger charge is 2.24. The van der Waals surface area contributed by atoms with Crippen molar-refractivity contribution >= 4 is 40.1 Å². The second kappa shape index (κ2) is 10.1. The molecule has 4 aromatic rings. The minimum atomic E-state index is -0.751. The number of oxazole rings is 1. The zero-order valence-electron chi connectivity index (χ0n) is 19.0. The second-order valence-corrected chi connectivity index (χ2v) is 8.43. The van der Waals surface area contributed by atoms with E-state index in [4.69, 9.17) is 21.8 Å². The molecule has 0 fully saturated rings. The zero-order chi connectivity index (χ0) is 25.1. The summed E-state index contributed by atoms with van der Waals surface area (Å²) < 4.78 is 7.77. The fraction of sp³-hybridized carbons (Fsp3) is 0.250. The van der Waals surface area contributed by atoms with E-state index < -0.39 is 22.9 Å². The van der Waals surface area contributed by atoms with E-state index in [-0.39, 0.29) is 37.6 Å². The van der Waals surface area contributed by atoms with Gasteiger partial charge in [0.25, 0.3) is 5.56 Å². The Labute approximate surface area is 204 Å². The third-order valence-corrected chi connectivity index (χ3v) is 5.83. The van der Waals surface area contributed by atoms with E-state index in [1.165, 1.54) is 20.1 Å². The monoisotopic (exact) mass is 497 g/mol. The first-order valence-corrected chi connectivity index (χ1v) is 11.4. The van der Waals surface area contributed by atoms with Crippen LogP contribution in [0.5, 0.6) is 0 Å². The molecule has 0 atom stereocenters. The maximum atomic E-state index is 13.3. The number of aromatic nitrogens is 3. The van der Waals surface area contributed by atoms with E-state index in [1.807, 2.05) is 37.3 Å². The lowest BCUT2D eigenvalue weighted by Gasteiger charge is -2.24. The van der Waals surface area contributed by atoms with E-state index in [0.29, 0.717) is 22.5 Å². The van der Waals surface area contributed by atoms with Crippen molar-refractivity contribution in [2.45, 2.75) is 32.9 Å². The van der Waals surface area contributed by atoms with E-state index in [1.54, 1.807) is 12.1 Å². The number of nitrogen functional groups attached to an aromatic ring is 1. The van der Waals surface area contributed by atoms with Crippen LogP contribution >= 0.6 is 11.6 Å². The summed E-state index contributed by atoms with van der Waals surface area (Å²) in [5.41, 5.74) is 6.38. The van der Waals surface area contributed by atoms with Gasteiger partial charge in [0.2, 0.25) is 5.91 Å². The average Bonchev–Trinajstić information content (AvgIpc) is 3.14. The Morgan fingerprint density at radius 3 is 2.57 bits per heavy atom. The number of hydrogen-bond acceptors (Lipinski definition) is 6. The Kier molecular flexibility index (Phi) is 6.92. The largest absolute Gasteiger partial charge is 0.419 e. The highest BCUT2D eigenvalue weighted by molar-refractivity contribution is 6.31. The fourth-order valence-electron chi connectivity index (χ4n) is 3.94. The summed E-state index contributed by atoms with van der Waals surface area (Å²) in [6.07, 6.45) is 0.434. The Hall–Kier alpha value is -4.05. The molecule has 3 N–H and O–H groups in total. The summed E-state index contributed by atoms with van der Waals surface area (Å²) in [7, 11) is 0. The number of anilines is 2. The molecule has 0 unspecified atom stereocenters. The zero-order valence-corrected chi connectivity index (χ0v) is 19.7. The van der Waals surface area contributed by atoms with Crippen molar-refractivity contribution in [1.29, 1.82) is 0 Å². The van der Waals surface area contributed by atoms with Crippen molar-refractivity contribution in [2.75, 3.05) is 17.2 Å².